The second-order valence-corrected chi connectivity index (χ2v) is 6.86. The van der Waals surface area contributed by atoms with Crippen molar-refractivity contribution in [3.63, 3.8) is 0 Å². The lowest BCUT2D eigenvalue weighted by molar-refractivity contribution is -0.152. The molecule has 158 valence electrons. The summed E-state index contributed by atoms with van der Waals surface area (Å²) < 4.78 is 5.07. The molecule has 0 aromatic heterocycles. The molecule has 0 aliphatic heterocycles. The van der Waals surface area contributed by atoms with Crippen molar-refractivity contribution < 1.29 is 23.9 Å². The van der Waals surface area contributed by atoms with Crippen LogP contribution in [0.3, 0.4) is 0 Å². The summed E-state index contributed by atoms with van der Waals surface area (Å²) >= 11 is 0. The van der Waals surface area contributed by atoms with Crippen molar-refractivity contribution in [1.82, 2.24) is 5.32 Å². The minimum Gasteiger partial charge on any atom is -0.451 e. The Morgan fingerprint density at radius 1 is 0.900 bits per heavy atom. The maximum Gasteiger partial charge on any atom is 0.326 e. The molecule has 2 rings (SSSR count). The molecule has 0 aliphatic carbocycles. The Bertz CT molecular complexity index is 954. The van der Waals surface area contributed by atoms with E-state index in [1.54, 1.807) is 36.4 Å². The van der Waals surface area contributed by atoms with Crippen LogP contribution in [0.2, 0.25) is 0 Å². The number of anilines is 2. The van der Waals surface area contributed by atoms with E-state index in [9.17, 15) is 19.2 Å². The molecular weight excluding hydrogens is 386 g/mol. The summed E-state index contributed by atoms with van der Waals surface area (Å²) in [5, 5.41) is 7.71. The first-order chi connectivity index (χ1) is 14.2. The number of hydrogen-bond acceptors (Lipinski definition) is 5. The van der Waals surface area contributed by atoms with E-state index in [0.717, 1.165) is 11.1 Å². The molecule has 0 bridgehead atoms. The third-order valence-corrected chi connectivity index (χ3v) is 4.31. The van der Waals surface area contributed by atoms with Crippen molar-refractivity contribution >= 4 is 35.1 Å². The molecule has 0 spiro atoms. The van der Waals surface area contributed by atoms with Crippen molar-refractivity contribution in [2.45, 2.75) is 33.8 Å². The van der Waals surface area contributed by atoms with Gasteiger partial charge in [-0.3, -0.25) is 19.2 Å². The molecule has 0 unspecified atom stereocenters. The molecular formula is C22H25N3O5. The fourth-order valence-electron chi connectivity index (χ4n) is 2.51. The van der Waals surface area contributed by atoms with Crippen LogP contribution in [-0.2, 0) is 19.1 Å². The van der Waals surface area contributed by atoms with Gasteiger partial charge in [-0.2, -0.15) is 0 Å². The highest BCUT2D eigenvalue weighted by molar-refractivity contribution is 5.97. The van der Waals surface area contributed by atoms with Crippen molar-refractivity contribution in [3.8, 4) is 0 Å². The van der Waals surface area contributed by atoms with Crippen molar-refractivity contribution in [1.29, 1.82) is 0 Å². The van der Waals surface area contributed by atoms with E-state index in [0.29, 0.717) is 16.9 Å². The molecule has 0 fully saturated rings. The van der Waals surface area contributed by atoms with Crippen LogP contribution in [0, 0.1) is 13.8 Å². The van der Waals surface area contributed by atoms with Crippen molar-refractivity contribution in [3.05, 3.63) is 59.2 Å². The zero-order valence-corrected chi connectivity index (χ0v) is 17.4. The zero-order valence-electron chi connectivity index (χ0n) is 17.4. The molecule has 0 aliphatic rings. The summed E-state index contributed by atoms with van der Waals surface area (Å²) in [4.78, 5) is 47.3. The fraction of sp³-hybridized carbons (Fsp3) is 0.273. The largest absolute Gasteiger partial charge is 0.451 e. The van der Waals surface area contributed by atoms with Crippen molar-refractivity contribution in [2.24, 2.45) is 0 Å². The maximum absolute atomic E-state index is 12.2. The van der Waals surface area contributed by atoms with E-state index in [1.165, 1.54) is 13.8 Å². The van der Waals surface area contributed by atoms with Crippen molar-refractivity contribution in [2.75, 3.05) is 17.2 Å². The number of carbonyl (C=O) groups is 4. The minimum absolute atomic E-state index is 0.197. The Balaban J connectivity index is 1.81. The topological polar surface area (TPSA) is 114 Å². The highest BCUT2D eigenvalue weighted by Gasteiger charge is 2.18. The lowest BCUT2D eigenvalue weighted by Crippen LogP contribution is -2.35. The van der Waals surface area contributed by atoms with Gasteiger partial charge in [0.2, 0.25) is 5.91 Å². The van der Waals surface area contributed by atoms with Crippen LogP contribution in [-0.4, -0.2) is 36.3 Å². The molecule has 3 amide bonds. The van der Waals surface area contributed by atoms with E-state index in [-0.39, 0.29) is 12.5 Å². The second-order valence-electron chi connectivity index (χ2n) is 6.86. The highest BCUT2D eigenvalue weighted by Crippen LogP contribution is 2.14. The van der Waals surface area contributed by atoms with Crippen LogP contribution in [0.15, 0.2) is 42.5 Å². The van der Waals surface area contributed by atoms with Gasteiger partial charge < -0.3 is 20.7 Å². The first kappa shape index (κ1) is 22.6. The smallest absolute Gasteiger partial charge is 0.326 e. The minimum atomic E-state index is -1.05. The molecule has 2 aromatic rings. The number of amides is 3. The summed E-state index contributed by atoms with van der Waals surface area (Å²) in [6.45, 7) is 6.32. The van der Waals surface area contributed by atoms with E-state index in [2.05, 4.69) is 16.0 Å². The summed E-state index contributed by atoms with van der Waals surface area (Å²) in [7, 11) is 0. The highest BCUT2D eigenvalue weighted by atomic mass is 16.5. The van der Waals surface area contributed by atoms with Gasteiger partial charge in [0.25, 0.3) is 11.8 Å². The fourth-order valence-corrected chi connectivity index (χ4v) is 2.51. The Morgan fingerprint density at radius 3 is 2.07 bits per heavy atom. The number of carbonyl (C=O) groups excluding carboxylic acids is 4. The molecule has 0 radical (unpaired) electrons. The molecule has 1 atom stereocenters. The van der Waals surface area contributed by atoms with Crippen LogP contribution in [0.4, 0.5) is 11.4 Å². The van der Waals surface area contributed by atoms with E-state index >= 15 is 0 Å². The van der Waals surface area contributed by atoms with Crippen LogP contribution in [0.25, 0.3) is 0 Å². The van der Waals surface area contributed by atoms with Gasteiger partial charge in [0, 0.05) is 23.9 Å². The lowest BCUT2D eigenvalue weighted by atomic mass is 10.1. The molecule has 8 nitrogen and oxygen atoms in total. The summed E-state index contributed by atoms with van der Waals surface area (Å²) in [6.07, 6.45) is -1.05. The predicted octanol–water partition coefficient (Wildman–Crippen LogP) is 2.56. The van der Waals surface area contributed by atoms with Gasteiger partial charge >= 0.3 is 5.97 Å². The van der Waals surface area contributed by atoms with E-state index < -0.39 is 23.9 Å². The molecule has 0 saturated heterocycles. The Kier molecular flexibility index (Phi) is 7.69. The summed E-state index contributed by atoms with van der Waals surface area (Å²) in [5.74, 6) is -1.84. The van der Waals surface area contributed by atoms with E-state index in [4.69, 9.17) is 4.74 Å². The predicted molar refractivity (Wildman–Crippen MR) is 113 cm³/mol. The quantitative estimate of drug-likeness (QED) is 0.606. The molecule has 30 heavy (non-hydrogen) atoms. The second kappa shape index (κ2) is 10.2. The Morgan fingerprint density at radius 2 is 1.50 bits per heavy atom. The molecule has 2 aromatic carbocycles. The average Bonchev–Trinajstić information content (AvgIpc) is 2.69. The van der Waals surface area contributed by atoms with Crippen LogP contribution < -0.4 is 16.0 Å². The SMILES string of the molecule is CC(=O)Nc1ccc(NC(=O)[C@H](C)OC(=O)CNC(=O)c2ccc(C)c(C)c2)cc1. The van der Waals surface area contributed by atoms with Crippen LogP contribution in [0.1, 0.15) is 35.3 Å². The van der Waals surface area contributed by atoms with Gasteiger partial charge in [-0.15, -0.1) is 0 Å². The normalized spacial score (nSPS) is 11.2. The van der Waals surface area contributed by atoms with Gasteiger partial charge in [-0.1, -0.05) is 6.07 Å². The number of esters is 1. The molecule has 0 heterocycles. The number of aryl methyl sites for hydroxylation is 2. The number of nitrogens with one attached hydrogen (secondary N) is 3. The lowest BCUT2D eigenvalue weighted by Gasteiger charge is -2.14. The van der Waals surface area contributed by atoms with Gasteiger partial charge in [0.1, 0.15) is 6.54 Å². The van der Waals surface area contributed by atoms with Gasteiger partial charge in [0.15, 0.2) is 6.10 Å². The summed E-state index contributed by atoms with van der Waals surface area (Å²) in [6, 6.07) is 11.7. The first-order valence-corrected chi connectivity index (χ1v) is 9.39. The average molecular weight is 411 g/mol. The number of ether oxygens (including phenoxy) is 1. The van der Waals surface area contributed by atoms with Crippen LogP contribution >= 0.6 is 0 Å². The number of hydrogen-bond donors (Lipinski definition) is 3. The third kappa shape index (κ3) is 6.73. The van der Waals surface area contributed by atoms with E-state index in [1.807, 2.05) is 19.9 Å². The number of rotatable bonds is 7. The first-order valence-electron chi connectivity index (χ1n) is 9.39. The molecule has 0 saturated carbocycles. The number of benzene rings is 2. The molecule has 3 N–H and O–H groups in total. The summed E-state index contributed by atoms with van der Waals surface area (Å²) in [5.41, 5.74) is 3.56. The standard InChI is InChI=1S/C22H25N3O5/c1-13-5-6-17(11-14(13)2)22(29)23-12-20(27)30-15(3)21(28)25-19-9-7-18(8-10-19)24-16(4)26/h5-11,15H,12H2,1-4H3,(H,23,29)(H,24,26)(H,25,28)/t15-/m0/s1. The molecule has 8 heteroatoms. The van der Waals surface area contributed by atoms with Gasteiger partial charge in [0.05, 0.1) is 0 Å². The third-order valence-electron chi connectivity index (χ3n) is 4.31. The zero-order chi connectivity index (χ0) is 22.3. The van der Waals surface area contributed by atoms with Gasteiger partial charge in [-0.25, -0.2) is 0 Å². The van der Waals surface area contributed by atoms with Gasteiger partial charge in [-0.05, 0) is 68.3 Å². The monoisotopic (exact) mass is 411 g/mol. The van der Waals surface area contributed by atoms with Crippen LogP contribution in [0.5, 0.6) is 0 Å². The Labute approximate surface area is 175 Å². The Hall–Kier alpha value is -3.68. The maximum atomic E-state index is 12.2.